The van der Waals surface area contributed by atoms with Gasteiger partial charge in [0.2, 0.25) is 0 Å². The molecule has 6 nitrogen and oxygen atoms in total. The SMILES string of the molecule is COc1ccc(-c2csc3nc(-c4cnn(C)c4)[nH]c(=O)c23)cc1. The van der Waals surface area contributed by atoms with Gasteiger partial charge in [0.1, 0.15) is 16.4 Å². The van der Waals surface area contributed by atoms with Gasteiger partial charge in [0, 0.05) is 24.2 Å². The normalized spacial score (nSPS) is 11.1. The summed E-state index contributed by atoms with van der Waals surface area (Å²) in [5.41, 5.74) is 2.48. The molecule has 0 saturated carbocycles. The minimum absolute atomic E-state index is 0.147. The van der Waals surface area contributed by atoms with Gasteiger partial charge in [-0.1, -0.05) is 12.1 Å². The minimum Gasteiger partial charge on any atom is -0.497 e. The quantitative estimate of drug-likeness (QED) is 0.623. The molecule has 0 unspecified atom stereocenters. The molecule has 0 bridgehead atoms. The summed E-state index contributed by atoms with van der Waals surface area (Å²) in [6.07, 6.45) is 3.50. The van der Waals surface area contributed by atoms with Gasteiger partial charge in [-0.3, -0.25) is 9.48 Å². The molecule has 0 atom stereocenters. The highest BCUT2D eigenvalue weighted by Gasteiger charge is 2.14. The first kappa shape index (κ1) is 14.6. The zero-order chi connectivity index (χ0) is 16.7. The summed E-state index contributed by atoms with van der Waals surface area (Å²) in [5.74, 6) is 1.31. The Morgan fingerprint density at radius 3 is 2.67 bits per heavy atom. The Bertz CT molecular complexity index is 1080. The first-order valence-corrected chi connectivity index (χ1v) is 8.18. The molecule has 4 rings (SSSR count). The molecule has 7 heteroatoms. The fourth-order valence-electron chi connectivity index (χ4n) is 2.61. The average molecular weight is 338 g/mol. The lowest BCUT2D eigenvalue weighted by atomic mass is 10.1. The first-order chi connectivity index (χ1) is 11.7. The van der Waals surface area contributed by atoms with E-state index in [9.17, 15) is 4.79 Å². The molecule has 0 aliphatic heterocycles. The molecule has 0 radical (unpaired) electrons. The van der Waals surface area contributed by atoms with Crippen LogP contribution in [-0.2, 0) is 7.05 Å². The number of aromatic nitrogens is 4. The number of nitrogens with one attached hydrogen (secondary N) is 1. The number of methoxy groups -OCH3 is 1. The number of H-pyrrole nitrogens is 1. The van der Waals surface area contributed by atoms with E-state index in [1.165, 1.54) is 11.3 Å². The maximum atomic E-state index is 12.6. The highest BCUT2D eigenvalue weighted by molar-refractivity contribution is 7.17. The summed E-state index contributed by atoms with van der Waals surface area (Å²) >= 11 is 1.46. The average Bonchev–Trinajstić information content (AvgIpc) is 3.21. The van der Waals surface area contributed by atoms with Gasteiger partial charge in [-0.15, -0.1) is 11.3 Å². The Morgan fingerprint density at radius 1 is 1.21 bits per heavy atom. The van der Waals surface area contributed by atoms with E-state index < -0.39 is 0 Å². The van der Waals surface area contributed by atoms with Crippen molar-refractivity contribution in [2.75, 3.05) is 7.11 Å². The van der Waals surface area contributed by atoms with Crippen LogP contribution in [0.3, 0.4) is 0 Å². The van der Waals surface area contributed by atoms with Crippen molar-refractivity contribution in [1.29, 1.82) is 0 Å². The number of benzene rings is 1. The van der Waals surface area contributed by atoms with Gasteiger partial charge < -0.3 is 9.72 Å². The number of aryl methyl sites for hydroxylation is 1. The fourth-order valence-corrected chi connectivity index (χ4v) is 3.56. The molecule has 3 heterocycles. The van der Waals surface area contributed by atoms with E-state index in [-0.39, 0.29) is 5.56 Å². The lowest BCUT2D eigenvalue weighted by Crippen LogP contribution is -2.08. The van der Waals surface area contributed by atoms with Crippen molar-refractivity contribution in [2.45, 2.75) is 0 Å². The Balaban J connectivity index is 1.86. The van der Waals surface area contributed by atoms with Crippen LogP contribution in [-0.4, -0.2) is 26.9 Å². The number of aromatic amines is 1. The molecule has 24 heavy (non-hydrogen) atoms. The van der Waals surface area contributed by atoms with E-state index in [0.29, 0.717) is 16.0 Å². The number of fused-ring (bicyclic) bond motifs is 1. The fraction of sp³-hybridized carbons (Fsp3) is 0.118. The van der Waals surface area contributed by atoms with Crippen molar-refractivity contribution < 1.29 is 4.74 Å². The Kier molecular flexibility index (Phi) is 3.42. The summed E-state index contributed by atoms with van der Waals surface area (Å²) in [4.78, 5) is 20.8. The maximum Gasteiger partial charge on any atom is 0.260 e. The molecule has 0 aliphatic carbocycles. The largest absolute Gasteiger partial charge is 0.497 e. The van der Waals surface area contributed by atoms with Crippen LogP contribution in [0.15, 0.2) is 46.8 Å². The third-order valence-corrected chi connectivity index (χ3v) is 4.70. The van der Waals surface area contributed by atoms with E-state index in [2.05, 4.69) is 15.1 Å². The molecule has 0 spiro atoms. The van der Waals surface area contributed by atoms with Crippen LogP contribution in [0.1, 0.15) is 0 Å². The van der Waals surface area contributed by atoms with Gasteiger partial charge in [0.25, 0.3) is 5.56 Å². The zero-order valence-electron chi connectivity index (χ0n) is 13.1. The van der Waals surface area contributed by atoms with Crippen molar-refractivity contribution in [2.24, 2.45) is 7.05 Å². The number of nitrogens with zero attached hydrogens (tertiary/aromatic N) is 3. The Hall–Kier alpha value is -2.93. The van der Waals surface area contributed by atoms with Crippen molar-refractivity contribution in [1.82, 2.24) is 19.7 Å². The second-order valence-electron chi connectivity index (χ2n) is 5.38. The third-order valence-electron chi connectivity index (χ3n) is 3.82. The molecule has 120 valence electrons. The van der Waals surface area contributed by atoms with Gasteiger partial charge in [0.15, 0.2) is 0 Å². The van der Waals surface area contributed by atoms with Crippen LogP contribution in [0.4, 0.5) is 0 Å². The van der Waals surface area contributed by atoms with Crippen LogP contribution >= 0.6 is 11.3 Å². The van der Waals surface area contributed by atoms with E-state index in [4.69, 9.17) is 4.74 Å². The van der Waals surface area contributed by atoms with Crippen molar-refractivity contribution in [3.63, 3.8) is 0 Å². The van der Waals surface area contributed by atoms with Gasteiger partial charge in [0.05, 0.1) is 24.3 Å². The van der Waals surface area contributed by atoms with Crippen LogP contribution < -0.4 is 10.3 Å². The van der Waals surface area contributed by atoms with Crippen molar-refractivity contribution in [3.8, 4) is 28.3 Å². The van der Waals surface area contributed by atoms with E-state index in [0.717, 1.165) is 22.4 Å². The first-order valence-electron chi connectivity index (χ1n) is 7.30. The van der Waals surface area contributed by atoms with E-state index in [1.54, 1.807) is 18.0 Å². The van der Waals surface area contributed by atoms with E-state index >= 15 is 0 Å². The number of ether oxygens (including phenoxy) is 1. The summed E-state index contributed by atoms with van der Waals surface area (Å²) in [5, 5.41) is 6.69. The smallest absolute Gasteiger partial charge is 0.260 e. The molecule has 1 aromatic carbocycles. The molecule has 0 saturated heterocycles. The third kappa shape index (κ3) is 2.39. The summed E-state index contributed by atoms with van der Waals surface area (Å²) in [6.45, 7) is 0. The highest BCUT2D eigenvalue weighted by Crippen LogP contribution is 2.32. The maximum absolute atomic E-state index is 12.6. The molecule has 0 fully saturated rings. The van der Waals surface area contributed by atoms with Gasteiger partial charge in [-0.05, 0) is 17.7 Å². The summed E-state index contributed by atoms with van der Waals surface area (Å²) in [7, 11) is 3.46. The monoisotopic (exact) mass is 338 g/mol. The zero-order valence-corrected chi connectivity index (χ0v) is 13.9. The molecule has 0 amide bonds. The summed E-state index contributed by atoms with van der Waals surface area (Å²) < 4.78 is 6.86. The molecule has 0 aliphatic rings. The van der Waals surface area contributed by atoms with Crippen LogP contribution in [0.25, 0.3) is 32.7 Å². The number of hydrogen-bond donors (Lipinski definition) is 1. The lowest BCUT2D eigenvalue weighted by molar-refractivity contribution is 0.415. The van der Waals surface area contributed by atoms with Crippen LogP contribution in [0, 0.1) is 0 Å². The molecular weight excluding hydrogens is 324 g/mol. The molecule has 1 N–H and O–H groups in total. The molecule has 4 aromatic rings. The van der Waals surface area contributed by atoms with Crippen LogP contribution in [0.2, 0.25) is 0 Å². The topological polar surface area (TPSA) is 72.8 Å². The number of hydrogen-bond acceptors (Lipinski definition) is 5. The summed E-state index contributed by atoms with van der Waals surface area (Å²) in [6, 6.07) is 7.64. The lowest BCUT2D eigenvalue weighted by Gasteiger charge is -2.03. The van der Waals surface area contributed by atoms with E-state index in [1.807, 2.05) is 42.9 Å². The van der Waals surface area contributed by atoms with Crippen molar-refractivity contribution in [3.05, 3.63) is 52.4 Å². The predicted octanol–water partition coefficient (Wildman–Crippen LogP) is 3.06. The van der Waals surface area contributed by atoms with Crippen LogP contribution in [0.5, 0.6) is 5.75 Å². The standard InChI is InChI=1S/C17H14N4O2S/c1-21-8-11(7-18-21)15-19-16(22)14-13(9-24-17(14)20-15)10-3-5-12(23-2)6-4-10/h3-9H,1-2H3,(H,19,20,22). The minimum atomic E-state index is -0.147. The second-order valence-corrected chi connectivity index (χ2v) is 6.23. The van der Waals surface area contributed by atoms with Gasteiger partial charge in [-0.2, -0.15) is 5.10 Å². The van der Waals surface area contributed by atoms with Gasteiger partial charge >= 0.3 is 0 Å². The number of thiophene rings is 1. The number of rotatable bonds is 3. The highest BCUT2D eigenvalue weighted by atomic mass is 32.1. The second kappa shape index (κ2) is 5.61. The van der Waals surface area contributed by atoms with Crippen molar-refractivity contribution >= 4 is 21.6 Å². The Labute approximate surface area is 141 Å². The molecular formula is C17H14N4O2S. The molecule has 3 aromatic heterocycles. The predicted molar refractivity (Wildman–Crippen MR) is 94.4 cm³/mol. The Morgan fingerprint density at radius 2 is 2.00 bits per heavy atom. The van der Waals surface area contributed by atoms with Gasteiger partial charge in [-0.25, -0.2) is 4.98 Å².